The number of hydrogen-bond acceptors (Lipinski definition) is 3. The molecule has 0 aromatic carbocycles. The number of rotatable bonds is 5. The minimum Gasteiger partial charge on any atom is -0.494 e. The number of ether oxygens (including phenoxy) is 1. The third-order valence-corrected chi connectivity index (χ3v) is 3.62. The molecule has 4 nitrogen and oxygen atoms in total. The van der Waals surface area contributed by atoms with E-state index in [9.17, 15) is 4.79 Å². The number of nitrogens with zero attached hydrogens (tertiary/aromatic N) is 1. The Bertz CT molecular complexity index is 416. The van der Waals surface area contributed by atoms with E-state index in [0.717, 1.165) is 37.3 Å². The Kier molecular flexibility index (Phi) is 6.36. The molecule has 1 aliphatic heterocycles. The molecule has 2 N–H and O–H groups in total. The fourth-order valence-electron chi connectivity index (χ4n) is 2.11. The molecule has 4 heteroatoms. The second kappa shape index (κ2) is 7.78. The van der Waals surface area contributed by atoms with Crippen LogP contribution in [-0.4, -0.2) is 30.5 Å². The number of likely N-dealkylation sites (tertiary alicyclic amines) is 1. The number of nitrogens with two attached hydrogens (primary N) is 1. The van der Waals surface area contributed by atoms with Crippen molar-refractivity contribution >= 4 is 5.91 Å². The first kappa shape index (κ1) is 16.3. The maximum absolute atomic E-state index is 11.3. The third-order valence-electron chi connectivity index (χ3n) is 3.62. The van der Waals surface area contributed by atoms with Gasteiger partial charge in [0.25, 0.3) is 0 Å². The fourth-order valence-corrected chi connectivity index (χ4v) is 2.11. The van der Waals surface area contributed by atoms with Crippen LogP contribution < -0.4 is 5.73 Å². The average molecular weight is 278 g/mol. The Labute approximate surface area is 122 Å². The SMILES string of the molecule is C=C(C)/C(N)=C\C(=C/C)OCC1CCN(C(C)=O)CC1. The van der Waals surface area contributed by atoms with Gasteiger partial charge in [-0.2, -0.15) is 0 Å². The molecule has 0 bridgehead atoms. The molecule has 1 saturated heterocycles. The van der Waals surface area contributed by atoms with Crippen LogP contribution >= 0.6 is 0 Å². The molecule has 0 aromatic heterocycles. The number of piperidine rings is 1. The Morgan fingerprint density at radius 3 is 2.45 bits per heavy atom. The van der Waals surface area contributed by atoms with Crippen LogP contribution in [0.3, 0.4) is 0 Å². The smallest absolute Gasteiger partial charge is 0.219 e. The molecule has 112 valence electrons. The van der Waals surface area contributed by atoms with Gasteiger partial charge in [-0.15, -0.1) is 0 Å². The monoisotopic (exact) mass is 278 g/mol. The second-order valence-corrected chi connectivity index (χ2v) is 5.33. The quantitative estimate of drug-likeness (QED) is 0.621. The summed E-state index contributed by atoms with van der Waals surface area (Å²) in [4.78, 5) is 13.2. The van der Waals surface area contributed by atoms with Crippen LogP contribution in [-0.2, 0) is 9.53 Å². The van der Waals surface area contributed by atoms with Gasteiger partial charge in [0.1, 0.15) is 5.76 Å². The van der Waals surface area contributed by atoms with Gasteiger partial charge in [0.05, 0.1) is 6.61 Å². The molecule has 0 aliphatic carbocycles. The summed E-state index contributed by atoms with van der Waals surface area (Å²) in [5, 5.41) is 0. The lowest BCUT2D eigenvalue weighted by Crippen LogP contribution is -2.38. The van der Waals surface area contributed by atoms with Gasteiger partial charge < -0.3 is 15.4 Å². The van der Waals surface area contributed by atoms with Crippen LogP contribution in [0.15, 0.2) is 35.8 Å². The molecule has 1 amide bonds. The highest BCUT2D eigenvalue weighted by Gasteiger charge is 2.21. The number of hydrogen-bond donors (Lipinski definition) is 1. The minimum absolute atomic E-state index is 0.163. The van der Waals surface area contributed by atoms with Crippen LogP contribution in [0.25, 0.3) is 0 Å². The van der Waals surface area contributed by atoms with Gasteiger partial charge in [-0.05, 0) is 44.3 Å². The second-order valence-electron chi connectivity index (χ2n) is 5.33. The van der Waals surface area contributed by atoms with Crippen molar-refractivity contribution in [2.75, 3.05) is 19.7 Å². The minimum atomic E-state index is 0.163. The average Bonchev–Trinajstić information content (AvgIpc) is 2.43. The number of allylic oxidation sites excluding steroid dienone is 3. The molecule has 0 aromatic rings. The Balaban J connectivity index is 2.42. The standard InChI is InChI=1S/C16H26N2O2/c1-5-15(10-16(17)12(2)3)20-11-14-6-8-18(9-7-14)13(4)19/h5,10,14H,2,6-9,11,17H2,1,3-4H3/b15-5+,16-10+. The highest BCUT2D eigenvalue weighted by atomic mass is 16.5. The van der Waals surface area contributed by atoms with Crippen molar-refractivity contribution in [3.63, 3.8) is 0 Å². The zero-order chi connectivity index (χ0) is 15.1. The topological polar surface area (TPSA) is 55.6 Å². The Morgan fingerprint density at radius 1 is 1.40 bits per heavy atom. The first-order valence-electron chi connectivity index (χ1n) is 7.11. The summed E-state index contributed by atoms with van der Waals surface area (Å²) >= 11 is 0. The summed E-state index contributed by atoms with van der Waals surface area (Å²) in [6, 6.07) is 0. The Morgan fingerprint density at radius 2 is 2.00 bits per heavy atom. The van der Waals surface area contributed by atoms with E-state index in [1.54, 1.807) is 6.92 Å². The highest BCUT2D eigenvalue weighted by Crippen LogP contribution is 2.19. The van der Waals surface area contributed by atoms with Crippen molar-refractivity contribution in [2.24, 2.45) is 11.7 Å². The lowest BCUT2D eigenvalue weighted by Gasteiger charge is -2.31. The summed E-state index contributed by atoms with van der Waals surface area (Å²) < 4.78 is 5.81. The predicted molar refractivity (Wildman–Crippen MR) is 81.8 cm³/mol. The summed E-state index contributed by atoms with van der Waals surface area (Å²) in [5.41, 5.74) is 7.33. The van der Waals surface area contributed by atoms with Gasteiger partial charge in [-0.1, -0.05) is 6.58 Å². The van der Waals surface area contributed by atoms with Gasteiger partial charge in [-0.3, -0.25) is 4.79 Å². The van der Waals surface area contributed by atoms with Gasteiger partial charge >= 0.3 is 0 Å². The summed E-state index contributed by atoms with van der Waals surface area (Å²) in [6.45, 7) is 11.6. The molecule has 1 heterocycles. The van der Waals surface area contributed by atoms with Crippen molar-refractivity contribution in [3.8, 4) is 0 Å². The largest absolute Gasteiger partial charge is 0.494 e. The van der Waals surface area contributed by atoms with E-state index in [4.69, 9.17) is 10.5 Å². The van der Waals surface area contributed by atoms with Crippen molar-refractivity contribution < 1.29 is 9.53 Å². The van der Waals surface area contributed by atoms with Crippen molar-refractivity contribution in [1.82, 2.24) is 4.90 Å². The molecule has 0 atom stereocenters. The molecule has 0 radical (unpaired) electrons. The lowest BCUT2D eigenvalue weighted by molar-refractivity contribution is -0.130. The van der Waals surface area contributed by atoms with Crippen LogP contribution in [0.4, 0.5) is 0 Å². The Hall–Kier alpha value is -1.71. The van der Waals surface area contributed by atoms with E-state index in [1.165, 1.54) is 0 Å². The van der Waals surface area contributed by atoms with Gasteiger partial charge in [0, 0.05) is 31.8 Å². The van der Waals surface area contributed by atoms with Crippen molar-refractivity contribution in [3.05, 3.63) is 35.8 Å². The van der Waals surface area contributed by atoms with E-state index in [0.29, 0.717) is 18.2 Å². The first-order valence-corrected chi connectivity index (χ1v) is 7.11. The lowest BCUT2D eigenvalue weighted by atomic mass is 9.98. The fraction of sp³-hybridized carbons (Fsp3) is 0.562. The molecular weight excluding hydrogens is 252 g/mol. The third kappa shape index (κ3) is 5.11. The molecule has 1 aliphatic rings. The molecule has 0 saturated carbocycles. The zero-order valence-electron chi connectivity index (χ0n) is 12.8. The van der Waals surface area contributed by atoms with Gasteiger partial charge in [0.15, 0.2) is 0 Å². The van der Waals surface area contributed by atoms with Crippen LogP contribution in [0.2, 0.25) is 0 Å². The van der Waals surface area contributed by atoms with E-state index in [1.807, 2.05) is 30.9 Å². The van der Waals surface area contributed by atoms with Crippen LogP contribution in [0.5, 0.6) is 0 Å². The highest BCUT2D eigenvalue weighted by molar-refractivity contribution is 5.73. The maximum atomic E-state index is 11.3. The zero-order valence-corrected chi connectivity index (χ0v) is 12.8. The number of carbonyl (C=O) groups excluding carboxylic acids is 1. The van der Waals surface area contributed by atoms with E-state index >= 15 is 0 Å². The van der Waals surface area contributed by atoms with E-state index in [-0.39, 0.29) is 5.91 Å². The first-order chi connectivity index (χ1) is 9.43. The molecule has 0 spiro atoms. The number of amides is 1. The van der Waals surface area contributed by atoms with Gasteiger partial charge in [-0.25, -0.2) is 0 Å². The van der Waals surface area contributed by atoms with Crippen molar-refractivity contribution in [1.29, 1.82) is 0 Å². The summed E-state index contributed by atoms with van der Waals surface area (Å²) in [7, 11) is 0. The van der Waals surface area contributed by atoms with Crippen molar-refractivity contribution in [2.45, 2.75) is 33.6 Å². The molecule has 1 fully saturated rings. The normalized spacial score (nSPS) is 18.1. The molecule has 1 rings (SSSR count). The summed E-state index contributed by atoms with van der Waals surface area (Å²) in [5.74, 6) is 1.44. The maximum Gasteiger partial charge on any atom is 0.219 e. The summed E-state index contributed by atoms with van der Waals surface area (Å²) in [6.07, 6.45) is 5.71. The molecule has 20 heavy (non-hydrogen) atoms. The van der Waals surface area contributed by atoms with Crippen LogP contribution in [0, 0.1) is 5.92 Å². The number of carbonyl (C=O) groups is 1. The van der Waals surface area contributed by atoms with Gasteiger partial charge in [0.2, 0.25) is 5.91 Å². The van der Waals surface area contributed by atoms with E-state index in [2.05, 4.69) is 6.58 Å². The van der Waals surface area contributed by atoms with E-state index < -0.39 is 0 Å². The molecule has 0 unspecified atom stereocenters. The van der Waals surface area contributed by atoms with Crippen LogP contribution in [0.1, 0.15) is 33.6 Å². The predicted octanol–water partition coefficient (Wildman–Crippen LogP) is 2.58. The molecular formula is C16H26N2O2.